The number of hydrogen-bond donors (Lipinski definition) is 1. The van der Waals surface area contributed by atoms with E-state index in [2.05, 4.69) is 19.2 Å². The first-order chi connectivity index (χ1) is 8.00. The fraction of sp³-hybridized carbons (Fsp3) is 0.917. The van der Waals surface area contributed by atoms with E-state index in [0.29, 0.717) is 24.6 Å². The maximum absolute atomic E-state index is 12.4. The molecule has 98 valence electrons. The fourth-order valence-corrected chi connectivity index (χ4v) is 3.73. The maximum Gasteiger partial charge on any atom is 0.240 e. The number of hydrogen-bond acceptors (Lipinski definition) is 3. The van der Waals surface area contributed by atoms with Gasteiger partial charge in [-0.3, -0.25) is 9.00 Å². The van der Waals surface area contributed by atoms with E-state index in [1.807, 2.05) is 4.90 Å². The first-order valence-electron chi connectivity index (χ1n) is 6.38. The van der Waals surface area contributed by atoms with Crippen molar-refractivity contribution in [3.05, 3.63) is 0 Å². The van der Waals surface area contributed by atoms with Gasteiger partial charge in [0.05, 0.1) is 6.04 Å². The van der Waals surface area contributed by atoms with Crippen LogP contribution in [0.1, 0.15) is 26.7 Å². The maximum atomic E-state index is 12.4. The molecule has 17 heavy (non-hydrogen) atoms. The summed E-state index contributed by atoms with van der Waals surface area (Å²) in [5.41, 5.74) is 0.0337. The highest BCUT2D eigenvalue weighted by Gasteiger charge is 2.39. The Morgan fingerprint density at radius 2 is 2.00 bits per heavy atom. The lowest BCUT2D eigenvalue weighted by molar-refractivity contribution is -0.137. The van der Waals surface area contributed by atoms with E-state index in [1.165, 1.54) is 0 Å². The average Bonchev–Trinajstić information content (AvgIpc) is 2.28. The molecule has 2 aliphatic rings. The lowest BCUT2D eigenvalue weighted by Gasteiger charge is -2.41. The Kier molecular flexibility index (Phi) is 3.88. The van der Waals surface area contributed by atoms with Gasteiger partial charge in [-0.1, -0.05) is 13.8 Å². The molecule has 2 saturated heterocycles. The van der Waals surface area contributed by atoms with Crippen molar-refractivity contribution in [3.63, 3.8) is 0 Å². The average molecular weight is 258 g/mol. The largest absolute Gasteiger partial charge is 0.339 e. The fourth-order valence-electron chi connectivity index (χ4n) is 2.67. The molecule has 2 rings (SSSR count). The second kappa shape index (κ2) is 5.06. The molecule has 0 saturated carbocycles. The van der Waals surface area contributed by atoms with Gasteiger partial charge in [0.25, 0.3) is 0 Å². The highest BCUT2D eigenvalue weighted by molar-refractivity contribution is 7.85. The Bertz CT molecular complexity index is 320. The van der Waals surface area contributed by atoms with Crippen LogP contribution in [0.4, 0.5) is 0 Å². The third-order valence-electron chi connectivity index (χ3n) is 3.86. The van der Waals surface area contributed by atoms with E-state index in [0.717, 1.165) is 19.4 Å². The van der Waals surface area contributed by atoms with Gasteiger partial charge in [-0.05, 0) is 24.8 Å². The van der Waals surface area contributed by atoms with Gasteiger partial charge in [0.15, 0.2) is 0 Å². The summed E-state index contributed by atoms with van der Waals surface area (Å²) < 4.78 is 11.3. The summed E-state index contributed by atoms with van der Waals surface area (Å²) in [5.74, 6) is 1.48. The minimum absolute atomic E-state index is 0.0337. The van der Waals surface area contributed by atoms with Gasteiger partial charge < -0.3 is 10.2 Å². The predicted molar refractivity (Wildman–Crippen MR) is 69.3 cm³/mol. The summed E-state index contributed by atoms with van der Waals surface area (Å²) in [7, 11) is -0.716. The number of carbonyl (C=O) groups excluding carboxylic acids is 1. The van der Waals surface area contributed by atoms with Crippen molar-refractivity contribution in [3.8, 4) is 0 Å². The normalized spacial score (nSPS) is 30.2. The number of piperidine rings is 1. The van der Waals surface area contributed by atoms with Crippen LogP contribution in [-0.2, 0) is 15.6 Å². The van der Waals surface area contributed by atoms with Crippen LogP contribution in [0.5, 0.6) is 0 Å². The highest BCUT2D eigenvalue weighted by Crippen LogP contribution is 2.31. The number of nitrogens with zero attached hydrogens (tertiary/aromatic N) is 1. The molecule has 1 atom stereocenters. The smallest absolute Gasteiger partial charge is 0.240 e. The van der Waals surface area contributed by atoms with E-state index in [-0.39, 0.29) is 17.4 Å². The van der Waals surface area contributed by atoms with Crippen LogP contribution in [0.3, 0.4) is 0 Å². The lowest BCUT2D eigenvalue weighted by Crippen LogP contribution is -2.58. The van der Waals surface area contributed by atoms with Crippen molar-refractivity contribution in [1.82, 2.24) is 10.2 Å². The van der Waals surface area contributed by atoms with Crippen molar-refractivity contribution in [2.45, 2.75) is 32.7 Å². The molecule has 0 aliphatic carbocycles. The second-order valence-corrected chi connectivity index (χ2v) is 7.35. The van der Waals surface area contributed by atoms with E-state index in [1.54, 1.807) is 0 Å². The molecule has 1 N–H and O–H groups in total. The van der Waals surface area contributed by atoms with Gasteiger partial charge in [-0.25, -0.2) is 0 Å². The zero-order chi connectivity index (χ0) is 12.5. The van der Waals surface area contributed by atoms with Crippen molar-refractivity contribution in [2.24, 2.45) is 5.41 Å². The van der Waals surface area contributed by atoms with Gasteiger partial charge in [0.1, 0.15) is 0 Å². The molecule has 2 heterocycles. The Morgan fingerprint density at radius 3 is 2.59 bits per heavy atom. The van der Waals surface area contributed by atoms with Crippen LogP contribution < -0.4 is 5.32 Å². The zero-order valence-corrected chi connectivity index (χ0v) is 11.5. The summed E-state index contributed by atoms with van der Waals surface area (Å²) in [6.45, 7) is 6.55. The van der Waals surface area contributed by atoms with Crippen LogP contribution in [-0.4, -0.2) is 52.2 Å². The number of nitrogens with one attached hydrogen (secondary N) is 1. The topological polar surface area (TPSA) is 49.4 Å². The monoisotopic (exact) mass is 258 g/mol. The number of amides is 1. The van der Waals surface area contributed by atoms with E-state index in [4.69, 9.17) is 0 Å². The van der Waals surface area contributed by atoms with Crippen LogP contribution in [0.15, 0.2) is 0 Å². The quantitative estimate of drug-likeness (QED) is 0.738. The van der Waals surface area contributed by atoms with Crippen LogP contribution in [0.25, 0.3) is 0 Å². The summed E-state index contributed by atoms with van der Waals surface area (Å²) in [6, 6.07) is -0.0669. The van der Waals surface area contributed by atoms with Crippen molar-refractivity contribution in [2.75, 3.05) is 31.1 Å². The van der Waals surface area contributed by atoms with Gasteiger partial charge >= 0.3 is 0 Å². The molecule has 5 heteroatoms. The first-order valence-corrected chi connectivity index (χ1v) is 7.87. The molecule has 1 unspecified atom stereocenters. The molecule has 0 bridgehead atoms. The summed E-state index contributed by atoms with van der Waals surface area (Å²) >= 11 is 0. The molecule has 0 aromatic carbocycles. The van der Waals surface area contributed by atoms with Crippen LogP contribution >= 0.6 is 0 Å². The minimum atomic E-state index is -0.716. The Morgan fingerprint density at radius 1 is 1.35 bits per heavy atom. The standard InChI is InChI=1S/C12H22N2O2S/c1-12(2)4-3-5-13-10(12)11(15)14-6-8-17(16)9-7-14/h10,13H,3-9H2,1-2H3. The lowest BCUT2D eigenvalue weighted by atomic mass is 9.77. The Balaban J connectivity index is 2.01. The summed E-state index contributed by atoms with van der Waals surface area (Å²) in [4.78, 5) is 14.3. The van der Waals surface area contributed by atoms with Crippen molar-refractivity contribution < 1.29 is 9.00 Å². The second-order valence-electron chi connectivity index (χ2n) is 5.65. The van der Waals surface area contributed by atoms with E-state index >= 15 is 0 Å². The van der Waals surface area contributed by atoms with Crippen molar-refractivity contribution >= 4 is 16.7 Å². The van der Waals surface area contributed by atoms with Crippen LogP contribution in [0, 0.1) is 5.41 Å². The molecular formula is C12H22N2O2S. The van der Waals surface area contributed by atoms with Gasteiger partial charge in [0, 0.05) is 35.4 Å². The SMILES string of the molecule is CC1(C)CCCNC1C(=O)N1CCS(=O)CC1. The predicted octanol–water partition coefficient (Wildman–Crippen LogP) is 0.356. The molecule has 0 radical (unpaired) electrons. The number of rotatable bonds is 1. The molecule has 2 aliphatic heterocycles. The Labute approximate surface area is 106 Å². The summed E-state index contributed by atoms with van der Waals surface area (Å²) in [6.07, 6.45) is 2.23. The number of carbonyl (C=O) groups is 1. The zero-order valence-electron chi connectivity index (χ0n) is 10.7. The van der Waals surface area contributed by atoms with E-state index < -0.39 is 10.8 Å². The highest BCUT2D eigenvalue weighted by atomic mass is 32.2. The molecule has 1 amide bonds. The Hall–Kier alpha value is -0.420. The minimum Gasteiger partial charge on any atom is -0.339 e. The molecule has 4 nitrogen and oxygen atoms in total. The van der Waals surface area contributed by atoms with Crippen LogP contribution in [0.2, 0.25) is 0 Å². The van der Waals surface area contributed by atoms with Gasteiger partial charge in [-0.2, -0.15) is 0 Å². The van der Waals surface area contributed by atoms with Gasteiger partial charge in [0.2, 0.25) is 5.91 Å². The van der Waals surface area contributed by atoms with E-state index in [9.17, 15) is 9.00 Å². The molecule has 0 aromatic heterocycles. The molecule has 0 spiro atoms. The van der Waals surface area contributed by atoms with Crippen molar-refractivity contribution in [1.29, 1.82) is 0 Å². The first kappa shape index (κ1) is 13.0. The van der Waals surface area contributed by atoms with Gasteiger partial charge in [-0.15, -0.1) is 0 Å². The molecule has 0 aromatic rings. The molecule has 2 fully saturated rings. The summed E-state index contributed by atoms with van der Waals surface area (Å²) in [5, 5.41) is 3.35. The molecular weight excluding hydrogens is 236 g/mol. The third kappa shape index (κ3) is 2.88. The third-order valence-corrected chi connectivity index (χ3v) is 5.14.